The van der Waals surface area contributed by atoms with Crippen molar-refractivity contribution >= 4 is 11.8 Å². The minimum Gasteiger partial charge on any atom is -0.493 e. The number of Topliss-reactive ketones (excluding diaryl/α,β-unsaturated/α-hetero) is 1. The van der Waals surface area contributed by atoms with Crippen molar-refractivity contribution in [1.82, 2.24) is 0 Å². The summed E-state index contributed by atoms with van der Waals surface area (Å²) in [4.78, 5) is 22.1. The van der Waals surface area contributed by atoms with Gasteiger partial charge >= 0.3 is 5.97 Å². The molecule has 150 valence electrons. The third-order valence-corrected chi connectivity index (χ3v) is 4.21. The lowest BCUT2D eigenvalue weighted by molar-refractivity contribution is -0.162. The van der Waals surface area contributed by atoms with Crippen molar-refractivity contribution in [2.24, 2.45) is 0 Å². The fraction of sp³-hybridized carbons (Fsp3) is 0.619. The topological polar surface area (TPSA) is 71.1 Å². The molecule has 0 bridgehead atoms. The monoisotopic (exact) mass is 378 g/mol. The second kappa shape index (κ2) is 12.5. The Morgan fingerprint density at radius 1 is 1.11 bits per heavy atom. The number of esters is 1. The molecule has 1 aliphatic heterocycles. The summed E-state index contributed by atoms with van der Waals surface area (Å²) in [6, 6.07) is 7.94. The number of carbonyl (C=O) groups excluding carboxylic acids is 2. The zero-order chi connectivity index (χ0) is 19.3. The maximum Gasteiger partial charge on any atom is 0.313 e. The smallest absolute Gasteiger partial charge is 0.313 e. The average Bonchev–Trinajstić information content (AvgIpc) is 2.66. The summed E-state index contributed by atoms with van der Waals surface area (Å²) in [6.45, 7) is 3.55. The number of para-hydroxylation sites is 1. The molecule has 1 aliphatic rings. The van der Waals surface area contributed by atoms with Crippen LogP contribution in [0.4, 0.5) is 0 Å². The predicted octanol–water partition coefficient (Wildman–Crippen LogP) is 3.45. The molecule has 27 heavy (non-hydrogen) atoms. The average molecular weight is 378 g/mol. The van der Waals surface area contributed by atoms with Gasteiger partial charge in [0.1, 0.15) is 18.0 Å². The molecule has 0 aliphatic carbocycles. The number of hydrogen-bond donors (Lipinski definition) is 0. The van der Waals surface area contributed by atoms with Gasteiger partial charge in [-0.3, -0.25) is 9.59 Å². The van der Waals surface area contributed by atoms with E-state index in [9.17, 15) is 9.59 Å². The van der Waals surface area contributed by atoms with Gasteiger partial charge in [0, 0.05) is 13.0 Å². The lowest BCUT2D eigenvalue weighted by Gasteiger charge is -2.22. The van der Waals surface area contributed by atoms with Crippen LogP contribution in [0.25, 0.3) is 0 Å². The largest absolute Gasteiger partial charge is 0.493 e. The Labute approximate surface area is 161 Å². The highest BCUT2D eigenvalue weighted by Crippen LogP contribution is 2.20. The van der Waals surface area contributed by atoms with Crippen LogP contribution >= 0.6 is 0 Å². The lowest BCUT2D eigenvalue weighted by atomic mass is 10.1. The summed E-state index contributed by atoms with van der Waals surface area (Å²) < 4.78 is 22.2. The first kappa shape index (κ1) is 21.4. The molecule has 6 nitrogen and oxygen atoms in total. The van der Waals surface area contributed by atoms with Crippen LogP contribution in [0.2, 0.25) is 0 Å². The van der Waals surface area contributed by atoms with E-state index in [0.717, 1.165) is 43.6 Å². The molecule has 1 fully saturated rings. The highest BCUT2D eigenvalue weighted by Gasteiger charge is 2.13. The van der Waals surface area contributed by atoms with Gasteiger partial charge in [-0.2, -0.15) is 0 Å². The highest BCUT2D eigenvalue weighted by molar-refractivity contribution is 5.94. The van der Waals surface area contributed by atoms with Gasteiger partial charge in [-0.15, -0.1) is 0 Å². The van der Waals surface area contributed by atoms with Gasteiger partial charge in [-0.25, -0.2) is 0 Å². The van der Waals surface area contributed by atoms with Crippen molar-refractivity contribution in [2.45, 2.75) is 58.2 Å². The maximum atomic E-state index is 11.3. The van der Waals surface area contributed by atoms with E-state index in [1.54, 1.807) is 0 Å². The summed E-state index contributed by atoms with van der Waals surface area (Å²) >= 11 is 0. The molecule has 1 saturated heterocycles. The molecule has 0 N–H and O–H groups in total. The van der Waals surface area contributed by atoms with Gasteiger partial charge < -0.3 is 18.9 Å². The van der Waals surface area contributed by atoms with E-state index in [1.165, 1.54) is 13.3 Å². The molecule has 0 radical (unpaired) electrons. The van der Waals surface area contributed by atoms with E-state index in [2.05, 4.69) is 6.07 Å². The molecule has 0 aromatic heterocycles. The fourth-order valence-electron chi connectivity index (χ4n) is 2.85. The number of hydrogen-bond acceptors (Lipinski definition) is 6. The summed E-state index contributed by atoms with van der Waals surface area (Å²) in [6.07, 6.45) is 5.43. The standard InChI is InChI=1S/C21H30O6/c1-17(22)16-20(23)25-15-7-14-24-19-10-3-2-8-18(19)9-6-13-27-21-11-4-5-12-26-21/h2-3,8,10,21H,4-7,9,11-16H2,1H3. The SMILES string of the molecule is CC(=O)CC(=O)OCCCOc1ccccc1CCCOC1CCCCO1. The molecule has 1 aromatic rings. The Balaban J connectivity index is 1.62. The summed E-state index contributed by atoms with van der Waals surface area (Å²) in [5.41, 5.74) is 1.14. The zero-order valence-electron chi connectivity index (χ0n) is 16.1. The number of aryl methyl sites for hydroxylation is 1. The minimum absolute atomic E-state index is 0.0454. The van der Waals surface area contributed by atoms with Gasteiger partial charge in [0.2, 0.25) is 0 Å². The Kier molecular flexibility index (Phi) is 9.87. The number of rotatable bonds is 12. The first-order valence-electron chi connectivity index (χ1n) is 9.74. The lowest BCUT2D eigenvalue weighted by Crippen LogP contribution is -2.22. The summed E-state index contributed by atoms with van der Waals surface area (Å²) in [5, 5.41) is 0. The molecule has 0 spiro atoms. The molecule has 1 aromatic carbocycles. The second-order valence-corrected chi connectivity index (χ2v) is 6.68. The molecule has 1 heterocycles. The van der Waals surface area contributed by atoms with E-state index in [4.69, 9.17) is 18.9 Å². The summed E-state index contributed by atoms with van der Waals surface area (Å²) in [5.74, 6) is 0.176. The van der Waals surface area contributed by atoms with Crippen LogP contribution < -0.4 is 4.74 Å². The van der Waals surface area contributed by atoms with Crippen molar-refractivity contribution < 1.29 is 28.5 Å². The normalized spacial score (nSPS) is 16.7. The van der Waals surface area contributed by atoms with E-state index >= 15 is 0 Å². The molecule has 2 rings (SSSR count). The molecule has 0 amide bonds. The van der Waals surface area contributed by atoms with Crippen LogP contribution in [0, 0.1) is 0 Å². The van der Waals surface area contributed by atoms with Crippen LogP contribution in [0.3, 0.4) is 0 Å². The van der Waals surface area contributed by atoms with Crippen LogP contribution in [-0.4, -0.2) is 44.5 Å². The van der Waals surface area contributed by atoms with Gasteiger partial charge in [0.15, 0.2) is 6.29 Å². The molecule has 6 heteroatoms. The quantitative estimate of drug-likeness (QED) is 0.315. The zero-order valence-corrected chi connectivity index (χ0v) is 16.1. The van der Waals surface area contributed by atoms with Crippen molar-refractivity contribution in [2.75, 3.05) is 26.4 Å². The van der Waals surface area contributed by atoms with Gasteiger partial charge in [0.25, 0.3) is 0 Å². The van der Waals surface area contributed by atoms with Gasteiger partial charge in [-0.05, 0) is 50.7 Å². The molecule has 0 saturated carbocycles. The Hall–Kier alpha value is -1.92. The third-order valence-electron chi connectivity index (χ3n) is 4.21. The van der Waals surface area contributed by atoms with Crippen LogP contribution in [0.1, 0.15) is 51.0 Å². The number of ether oxygens (including phenoxy) is 4. The third kappa shape index (κ3) is 9.02. The Bertz CT molecular complexity index is 580. The van der Waals surface area contributed by atoms with Gasteiger partial charge in [0.05, 0.1) is 19.8 Å². The van der Waals surface area contributed by atoms with E-state index in [-0.39, 0.29) is 25.1 Å². The summed E-state index contributed by atoms with van der Waals surface area (Å²) in [7, 11) is 0. The van der Waals surface area contributed by atoms with Crippen molar-refractivity contribution in [3.63, 3.8) is 0 Å². The maximum absolute atomic E-state index is 11.3. The Morgan fingerprint density at radius 3 is 2.74 bits per heavy atom. The van der Waals surface area contributed by atoms with Gasteiger partial charge in [-0.1, -0.05) is 18.2 Å². The van der Waals surface area contributed by atoms with E-state index < -0.39 is 5.97 Å². The molecular formula is C21H30O6. The Morgan fingerprint density at radius 2 is 1.96 bits per heavy atom. The van der Waals surface area contributed by atoms with E-state index in [0.29, 0.717) is 19.6 Å². The number of ketones is 1. The van der Waals surface area contributed by atoms with Crippen molar-refractivity contribution in [1.29, 1.82) is 0 Å². The fourth-order valence-corrected chi connectivity index (χ4v) is 2.85. The van der Waals surface area contributed by atoms with E-state index in [1.807, 2.05) is 18.2 Å². The van der Waals surface area contributed by atoms with Crippen molar-refractivity contribution in [3.8, 4) is 5.75 Å². The predicted molar refractivity (Wildman–Crippen MR) is 101 cm³/mol. The van der Waals surface area contributed by atoms with Crippen LogP contribution in [0.15, 0.2) is 24.3 Å². The first-order chi connectivity index (χ1) is 13.1. The van der Waals surface area contributed by atoms with Crippen LogP contribution in [0.5, 0.6) is 5.75 Å². The molecule has 1 unspecified atom stereocenters. The second-order valence-electron chi connectivity index (χ2n) is 6.68. The molecular weight excluding hydrogens is 348 g/mol. The molecule has 1 atom stereocenters. The minimum atomic E-state index is -0.482. The highest BCUT2D eigenvalue weighted by atomic mass is 16.7. The first-order valence-corrected chi connectivity index (χ1v) is 9.74. The number of benzene rings is 1. The van der Waals surface area contributed by atoms with Crippen molar-refractivity contribution in [3.05, 3.63) is 29.8 Å². The van der Waals surface area contributed by atoms with Crippen LogP contribution in [-0.2, 0) is 30.2 Å². The number of carbonyl (C=O) groups is 2.